The highest BCUT2D eigenvalue weighted by Crippen LogP contribution is 2.18. The Morgan fingerprint density at radius 1 is 1.61 bits per heavy atom. The molecule has 0 fully saturated rings. The highest BCUT2D eigenvalue weighted by Gasteiger charge is 2.19. The molecular weight excluding hydrogens is 365 g/mol. The summed E-state index contributed by atoms with van der Waals surface area (Å²) in [5.41, 5.74) is 0.593. The van der Waals surface area contributed by atoms with Gasteiger partial charge in [0, 0.05) is 11.9 Å². The Balaban J connectivity index is 2.74. The van der Waals surface area contributed by atoms with Crippen LogP contribution in [0.3, 0.4) is 0 Å². The van der Waals surface area contributed by atoms with Crippen molar-refractivity contribution < 1.29 is 14.3 Å². The van der Waals surface area contributed by atoms with Crippen molar-refractivity contribution in [3.05, 3.63) is 32.5 Å². The van der Waals surface area contributed by atoms with Gasteiger partial charge in [0.05, 0.1) is 15.1 Å². The van der Waals surface area contributed by atoms with Crippen molar-refractivity contribution >= 4 is 45.8 Å². The molecule has 0 aliphatic heterocycles. The molecule has 1 rings (SSSR count). The van der Waals surface area contributed by atoms with Gasteiger partial charge in [-0.2, -0.15) is 0 Å². The number of esters is 1. The van der Waals surface area contributed by atoms with E-state index in [4.69, 9.17) is 4.74 Å². The third-order valence-corrected chi connectivity index (χ3v) is 3.87. The van der Waals surface area contributed by atoms with Gasteiger partial charge in [0.2, 0.25) is 0 Å². The largest absolute Gasteiger partial charge is 0.465 e. The van der Waals surface area contributed by atoms with E-state index < -0.39 is 5.97 Å². The average molecular weight is 379 g/mol. The van der Waals surface area contributed by atoms with E-state index in [-0.39, 0.29) is 12.5 Å². The van der Waals surface area contributed by atoms with Crippen LogP contribution < -0.4 is 0 Å². The van der Waals surface area contributed by atoms with Crippen molar-refractivity contribution in [3.63, 3.8) is 0 Å². The summed E-state index contributed by atoms with van der Waals surface area (Å²) in [5.74, 6) is -0.584. The first-order valence-electron chi connectivity index (χ1n) is 5.38. The van der Waals surface area contributed by atoms with Crippen LogP contribution in [0.15, 0.2) is 24.1 Å². The monoisotopic (exact) mass is 379 g/mol. The van der Waals surface area contributed by atoms with Gasteiger partial charge in [-0.05, 0) is 35.6 Å². The highest BCUT2D eigenvalue weighted by molar-refractivity contribution is 14.1. The molecule has 18 heavy (non-hydrogen) atoms. The summed E-state index contributed by atoms with van der Waals surface area (Å²) in [6, 6.07) is 1.80. The van der Waals surface area contributed by atoms with Crippen molar-refractivity contribution in [2.75, 3.05) is 19.7 Å². The van der Waals surface area contributed by atoms with Crippen LogP contribution >= 0.6 is 33.9 Å². The Morgan fingerprint density at radius 2 is 2.33 bits per heavy atom. The van der Waals surface area contributed by atoms with Crippen LogP contribution in [0.25, 0.3) is 0 Å². The molecule has 0 N–H and O–H groups in total. The molecule has 4 nitrogen and oxygen atoms in total. The minimum atomic E-state index is -0.405. The van der Waals surface area contributed by atoms with Crippen molar-refractivity contribution in [2.24, 2.45) is 0 Å². The number of halogens is 1. The van der Waals surface area contributed by atoms with Gasteiger partial charge >= 0.3 is 5.97 Å². The lowest BCUT2D eigenvalue weighted by atomic mass is 10.3. The van der Waals surface area contributed by atoms with E-state index >= 15 is 0 Å². The molecule has 1 aromatic rings. The highest BCUT2D eigenvalue weighted by atomic mass is 127. The van der Waals surface area contributed by atoms with Crippen LogP contribution in [0.5, 0.6) is 0 Å². The number of hydrogen-bond donors (Lipinski definition) is 0. The molecule has 98 valence electrons. The minimum Gasteiger partial charge on any atom is -0.465 e. The average Bonchev–Trinajstić information content (AvgIpc) is 2.75. The predicted octanol–water partition coefficient (Wildman–Crippen LogP) is 2.54. The lowest BCUT2D eigenvalue weighted by molar-refractivity contribution is -0.143. The fourth-order valence-corrected chi connectivity index (χ4v) is 2.66. The molecule has 0 saturated carbocycles. The summed E-state index contributed by atoms with van der Waals surface area (Å²) in [6.45, 7) is 5.91. The molecule has 1 amide bonds. The Kier molecular flexibility index (Phi) is 6.34. The number of carbonyl (C=O) groups excluding carboxylic acids is 2. The van der Waals surface area contributed by atoms with Crippen molar-refractivity contribution in [3.8, 4) is 0 Å². The van der Waals surface area contributed by atoms with Gasteiger partial charge < -0.3 is 9.64 Å². The number of ether oxygens (including phenoxy) is 1. The van der Waals surface area contributed by atoms with Crippen LogP contribution in [0, 0.1) is 2.88 Å². The summed E-state index contributed by atoms with van der Waals surface area (Å²) in [7, 11) is 0. The maximum Gasteiger partial charge on any atom is 0.325 e. The van der Waals surface area contributed by atoms with E-state index in [1.807, 2.05) is 0 Å². The first-order chi connectivity index (χ1) is 8.58. The van der Waals surface area contributed by atoms with Gasteiger partial charge in [-0.25, -0.2) is 0 Å². The van der Waals surface area contributed by atoms with E-state index in [0.29, 0.717) is 18.7 Å². The van der Waals surface area contributed by atoms with E-state index in [9.17, 15) is 9.59 Å². The van der Waals surface area contributed by atoms with Gasteiger partial charge in [0.1, 0.15) is 6.54 Å². The number of nitrogens with zero attached hydrogens (tertiary/aromatic N) is 1. The van der Waals surface area contributed by atoms with Gasteiger partial charge in [-0.15, -0.1) is 17.9 Å². The van der Waals surface area contributed by atoms with Crippen molar-refractivity contribution in [1.82, 2.24) is 4.90 Å². The standard InChI is InChI=1S/C12H14INO3S/c1-3-5-14(7-11(15)17-4-2)12(16)9-6-10(13)18-8-9/h3,6,8H,1,4-5,7H2,2H3. The number of hydrogen-bond acceptors (Lipinski definition) is 4. The third-order valence-electron chi connectivity index (χ3n) is 2.08. The second-order valence-corrected chi connectivity index (χ2v) is 6.22. The second kappa shape index (κ2) is 7.52. The molecule has 0 spiro atoms. The van der Waals surface area contributed by atoms with Crippen LogP contribution in [0.2, 0.25) is 0 Å². The SMILES string of the molecule is C=CCN(CC(=O)OCC)C(=O)c1csc(I)c1. The molecular formula is C12H14INO3S. The predicted molar refractivity (Wildman–Crippen MR) is 79.8 cm³/mol. The smallest absolute Gasteiger partial charge is 0.325 e. The molecule has 0 unspecified atom stereocenters. The van der Waals surface area contributed by atoms with E-state index in [1.54, 1.807) is 24.4 Å². The summed E-state index contributed by atoms with van der Waals surface area (Å²) >= 11 is 3.65. The van der Waals surface area contributed by atoms with Crippen LogP contribution in [0.1, 0.15) is 17.3 Å². The number of thiophene rings is 1. The lowest BCUT2D eigenvalue weighted by Gasteiger charge is -2.19. The quantitative estimate of drug-likeness (QED) is 0.434. The van der Waals surface area contributed by atoms with Crippen LogP contribution in [-0.4, -0.2) is 36.5 Å². The first kappa shape index (κ1) is 15.2. The molecule has 0 radical (unpaired) electrons. The minimum absolute atomic E-state index is 0.0505. The summed E-state index contributed by atoms with van der Waals surface area (Å²) in [4.78, 5) is 25.0. The van der Waals surface area contributed by atoms with Gasteiger partial charge in [0.25, 0.3) is 5.91 Å². The second-order valence-electron chi connectivity index (χ2n) is 3.42. The van der Waals surface area contributed by atoms with Gasteiger partial charge in [-0.1, -0.05) is 6.08 Å². The third kappa shape index (κ3) is 4.41. The van der Waals surface area contributed by atoms with Gasteiger partial charge in [0.15, 0.2) is 0 Å². The fraction of sp³-hybridized carbons (Fsp3) is 0.333. The van der Waals surface area contributed by atoms with Crippen LogP contribution in [-0.2, 0) is 9.53 Å². The summed E-state index contributed by atoms with van der Waals surface area (Å²) in [5, 5.41) is 1.78. The zero-order chi connectivity index (χ0) is 13.5. The Hall–Kier alpha value is -0.890. The van der Waals surface area contributed by atoms with Crippen molar-refractivity contribution in [1.29, 1.82) is 0 Å². The van der Waals surface area contributed by atoms with E-state index in [1.165, 1.54) is 16.2 Å². The zero-order valence-corrected chi connectivity index (χ0v) is 13.0. The molecule has 0 aliphatic rings. The number of carbonyl (C=O) groups is 2. The van der Waals surface area contributed by atoms with E-state index in [2.05, 4.69) is 29.2 Å². The number of amides is 1. The lowest BCUT2D eigenvalue weighted by Crippen LogP contribution is -2.36. The number of rotatable bonds is 6. The Labute approximate surface area is 124 Å². The van der Waals surface area contributed by atoms with E-state index in [0.717, 1.165) is 2.88 Å². The van der Waals surface area contributed by atoms with Crippen LogP contribution in [0.4, 0.5) is 0 Å². The van der Waals surface area contributed by atoms with Crippen molar-refractivity contribution in [2.45, 2.75) is 6.92 Å². The van der Waals surface area contributed by atoms with Gasteiger partial charge in [-0.3, -0.25) is 9.59 Å². The molecule has 6 heteroatoms. The molecule has 0 bridgehead atoms. The molecule has 0 aromatic carbocycles. The molecule has 1 heterocycles. The Morgan fingerprint density at radius 3 is 2.83 bits per heavy atom. The topological polar surface area (TPSA) is 46.6 Å². The maximum absolute atomic E-state index is 12.2. The Bertz CT molecular complexity index is 444. The summed E-state index contributed by atoms with van der Waals surface area (Å²) < 4.78 is 5.88. The molecule has 0 saturated heterocycles. The molecule has 1 aromatic heterocycles. The maximum atomic E-state index is 12.2. The fourth-order valence-electron chi connectivity index (χ4n) is 1.34. The normalized spacial score (nSPS) is 9.89. The summed E-state index contributed by atoms with van der Waals surface area (Å²) in [6.07, 6.45) is 1.59. The first-order valence-corrected chi connectivity index (χ1v) is 7.34. The molecule has 0 atom stereocenters. The zero-order valence-electron chi connectivity index (χ0n) is 10.0. The molecule has 0 aliphatic carbocycles.